The van der Waals surface area contributed by atoms with Crippen molar-refractivity contribution in [3.05, 3.63) is 0 Å². The molecule has 4 heteroatoms. The van der Waals surface area contributed by atoms with E-state index in [9.17, 15) is 8.76 Å². The van der Waals surface area contributed by atoms with Gasteiger partial charge in [-0.2, -0.15) is 0 Å². The second-order valence-electron chi connectivity index (χ2n) is 1.31. The van der Waals surface area contributed by atoms with Gasteiger partial charge in [0.15, 0.2) is 0 Å². The van der Waals surface area contributed by atoms with Crippen LogP contribution in [0, 0.1) is 0 Å². The van der Waals surface area contributed by atoms with E-state index in [4.69, 9.17) is 0 Å². The Kier molecular flexibility index (Phi) is 7.74. The Morgan fingerprint density at radius 2 is 1.86 bits per heavy atom. The summed E-state index contributed by atoms with van der Waals surface area (Å²) in [5.74, 6) is 0. The summed E-state index contributed by atoms with van der Waals surface area (Å²) in [6.45, 7) is 3.26. The fourth-order valence-corrected chi connectivity index (χ4v) is 0. The van der Waals surface area contributed by atoms with Crippen LogP contribution in [-0.4, -0.2) is 37.1 Å². The Morgan fingerprint density at radius 3 is 1.86 bits per heavy atom. The van der Waals surface area contributed by atoms with Crippen LogP contribution >= 0.6 is 0 Å². The first-order chi connectivity index (χ1) is 2.64. The number of hydrogen-bond acceptors (Lipinski definition) is 2. The summed E-state index contributed by atoms with van der Waals surface area (Å²) in [4.78, 5) is 0. The van der Waals surface area contributed by atoms with Crippen molar-refractivity contribution in [1.29, 1.82) is 0 Å². The molecule has 0 saturated heterocycles. The van der Waals surface area contributed by atoms with Gasteiger partial charge in [0.25, 0.3) is 0 Å². The molecule has 0 aromatic rings. The minimum Gasteiger partial charge on any atom is -1.00 e. The molecule has 0 heterocycles. The molecule has 0 aliphatic carbocycles. The Morgan fingerprint density at radius 1 is 1.71 bits per heavy atom. The van der Waals surface area contributed by atoms with E-state index < -0.39 is 11.1 Å². The van der Waals surface area contributed by atoms with Gasteiger partial charge in [-0.25, -0.2) is 0 Å². The van der Waals surface area contributed by atoms with Crippen LogP contribution in [0.4, 0.5) is 0 Å². The van der Waals surface area contributed by atoms with Crippen LogP contribution in [0.5, 0.6) is 0 Å². The van der Waals surface area contributed by atoms with Crippen LogP contribution in [0.25, 0.3) is 0 Å². The fraction of sp³-hybridized carbons (Fsp3) is 1.00. The molecule has 42 valence electrons. The molecule has 0 N–H and O–H groups in total. The summed E-state index contributed by atoms with van der Waals surface area (Å²) < 4.78 is 19.4. The van der Waals surface area contributed by atoms with E-state index in [1.54, 1.807) is 13.8 Å². The van der Waals surface area contributed by atoms with Gasteiger partial charge in [0.05, 0.1) is 0 Å². The second-order valence-corrected chi connectivity index (χ2v) is 2.77. The molecule has 7 heavy (non-hydrogen) atoms. The molecule has 2 nitrogen and oxygen atoms in total. The summed E-state index contributed by atoms with van der Waals surface area (Å²) in [5.41, 5.74) is 0. The minimum absolute atomic E-state index is 0. The third-order valence-corrected chi connectivity index (χ3v) is 1.15. The number of rotatable bonds is 1. The van der Waals surface area contributed by atoms with Crippen molar-refractivity contribution in [3.8, 4) is 0 Å². The molecule has 0 bridgehead atoms. The van der Waals surface area contributed by atoms with Gasteiger partial charge in [0, 0.05) is 5.25 Å². The van der Waals surface area contributed by atoms with Gasteiger partial charge in [0.2, 0.25) is 0 Å². The average Bonchev–Trinajstić information content (AvgIpc) is 1.36. The molecule has 1 atom stereocenters. The van der Waals surface area contributed by atoms with E-state index in [0.29, 0.717) is 0 Å². The van der Waals surface area contributed by atoms with Crippen LogP contribution in [0.3, 0.4) is 0 Å². The molecule has 0 rings (SSSR count). The van der Waals surface area contributed by atoms with Gasteiger partial charge in [0.1, 0.15) is 0 Å². The summed E-state index contributed by atoms with van der Waals surface area (Å²) in [5, 5.41) is -0.231. The quantitative estimate of drug-likeness (QED) is 0.377. The number of hydrogen-bond donors (Lipinski definition) is 0. The maximum Gasteiger partial charge on any atom is 2.00 e. The molecule has 0 amide bonds. The zero-order valence-corrected chi connectivity index (χ0v) is 6.74. The third kappa shape index (κ3) is 6.88. The molecule has 0 saturated carbocycles. The summed E-state index contributed by atoms with van der Waals surface area (Å²) in [6.07, 6.45) is 0. The summed E-state index contributed by atoms with van der Waals surface area (Å²) >= 11 is -1.87. The van der Waals surface area contributed by atoms with Crippen LogP contribution in [0.1, 0.15) is 16.7 Å². The molecular weight excluding hydrogens is 124 g/mol. The smallest absolute Gasteiger partial charge is 1.00 e. The molecule has 0 aliphatic heterocycles. The molecular formula is C3H9MgO2S-. The molecule has 0 radical (unpaired) electrons. The molecule has 0 fully saturated rings. The molecule has 0 aromatic heterocycles. The molecule has 0 aromatic carbocycles. The maximum absolute atomic E-state index is 9.70. The van der Waals surface area contributed by atoms with Crippen molar-refractivity contribution >= 4 is 34.1 Å². The van der Waals surface area contributed by atoms with E-state index in [1.165, 1.54) is 0 Å². The standard InChI is InChI=1S/C3H8O2S.Mg.2H/c1-3(2)6(4)5;;;/h3H,1-2H3,(H,4,5);;;/q;+2;2*-1/p-1. The second kappa shape index (κ2) is 5.02. The van der Waals surface area contributed by atoms with Crippen molar-refractivity contribution < 1.29 is 11.6 Å². The first-order valence-electron chi connectivity index (χ1n) is 1.72. The van der Waals surface area contributed by atoms with Crippen molar-refractivity contribution in [2.45, 2.75) is 19.1 Å². The Bertz CT molecular complexity index is 70.8. The van der Waals surface area contributed by atoms with E-state index in [2.05, 4.69) is 0 Å². The summed E-state index contributed by atoms with van der Waals surface area (Å²) in [7, 11) is 0. The predicted octanol–water partition coefficient (Wildman–Crippen LogP) is 0.118. The zero-order chi connectivity index (χ0) is 5.15. The largest absolute Gasteiger partial charge is 2.00 e. The van der Waals surface area contributed by atoms with Gasteiger partial charge in [-0.15, -0.1) is 0 Å². The average molecular weight is 133 g/mol. The van der Waals surface area contributed by atoms with Crippen LogP contribution in [-0.2, 0) is 11.1 Å². The topological polar surface area (TPSA) is 40.1 Å². The first-order valence-corrected chi connectivity index (χ1v) is 2.86. The third-order valence-electron chi connectivity index (χ3n) is 0.385. The minimum atomic E-state index is -1.87. The zero-order valence-electron chi connectivity index (χ0n) is 6.51. The van der Waals surface area contributed by atoms with E-state index >= 15 is 0 Å². The molecule has 0 aliphatic rings. The van der Waals surface area contributed by atoms with Crippen LogP contribution in [0.15, 0.2) is 0 Å². The Balaban J connectivity index is -0.0000000417. The van der Waals surface area contributed by atoms with Crippen molar-refractivity contribution in [2.75, 3.05) is 0 Å². The van der Waals surface area contributed by atoms with E-state index in [-0.39, 0.29) is 31.2 Å². The Labute approximate surface area is 65.1 Å². The van der Waals surface area contributed by atoms with Crippen LogP contribution < -0.4 is 0 Å². The van der Waals surface area contributed by atoms with Gasteiger partial charge >= 0.3 is 23.1 Å². The van der Waals surface area contributed by atoms with Gasteiger partial charge in [-0.3, -0.25) is 4.21 Å². The van der Waals surface area contributed by atoms with Gasteiger partial charge < -0.3 is 7.41 Å². The SMILES string of the molecule is CC(C)S(=O)[O-].[H-].[H-].[Mg+2]. The van der Waals surface area contributed by atoms with E-state index in [0.717, 1.165) is 0 Å². The normalized spacial score (nSPS) is 13.1. The fourth-order valence-electron chi connectivity index (χ4n) is 0. The van der Waals surface area contributed by atoms with E-state index in [1.807, 2.05) is 0 Å². The van der Waals surface area contributed by atoms with Crippen molar-refractivity contribution in [1.82, 2.24) is 0 Å². The van der Waals surface area contributed by atoms with Crippen molar-refractivity contribution in [2.24, 2.45) is 0 Å². The maximum atomic E-state index is 9.70. The molecule has 1 unspecified atom stereocenters. The first kappa shape index (κ1) is 10.8. The molecule has 0 spiro atoms. The predicted molar refractivity (Wildman–Crippen MR) is 32.0 cm³/mol. The monoisotopic (exact) mass is 133 g/mol. The van der Waals surface area contributed by atoms with Gasteiger partial charge in [-0.1, -0.05) is 24.9 Å². The van der Waals surface area contributed by atoms with Crippen LogP contribution in [0.2, 0.25) is 0 Å². The Hall–Kier alpha value is 0.876. The summed E-state index contributed by atoms with van der Waals surface area (Å²) in [6, 6.07) is 0. The van der Waals surface area contributed by atoms with Crippen molar-refractivity contribution in [3.63, 3.8) is 0 Å². The van der Waals surface area contributed by atoms with Gasteiger partial charge in [-0.05, 0) is 0 Å².